The molecule has 1 N–H and O–H groups in total. The molecule has 0 radical (unpaired) electrons. The van der Waals surface area contributed by atoms with E-state index in [9.17, 15) is 18.8 Å². The average Bonchev–Trinajstić information content (AvgIpc) is 3.22. The number of fused-ring (bicyclic) bond motifs is 1. The zero-order valence-corrected chi connectivity index (χ0v) is 19.1. The number of benzene rings is 2. The molecule has 0 aliphatic heterocycles. The van der Waals surface area contributed by atoms with Gasteiger partial charge in [0, 0.05) is 10.8 Å². The number of halogens is 1. The van der Waals surface area contributed by atoms with E-state index in [0.29, 0.717) is 5.75 Å². The zero-order chi connectivity index (χ0) is 24.2. The quantitative estimate of drug-likeness (QED) is 0.399. The summed E-state index contributed by atoms with van der Waals surface area (Å²) in [6.07, 6.45) is 0. The fraction of sp³-hybridized carbons (Fsp3) is 0.167. The first-order valence-electron chi connectivity index (χ1n) is 10.3. The second-order valence-electron chi connectivity index (χ2n) is 7.27. The number of carbonyl (C=O) groups excluding carboxylic acids is 2. The van der Waals surface area contributed by atoms with Crippen molar-refractivity contribution in [2.75, 3.05) is 18.5 Å². The lowest BCUT2D eigenvalue weighted by Gasteiger charge is -2.10. The summed E-state index contributed by atoms with van der Waals surface area (Å²) < 4.78 is 25.3. The topological polar surface area (TPSA) is 99.5 Å². The maximum atomic E-state index is 13.8. The smallest absolute Gasteiger partial charge is 0.359 e. The predicted molar refractivity (Wildman–Crippen MR) is 126 cm³/mol. The van der Waals surface area contributed by atoms with Gasteiger partial charge in [0.25, 0.3) is 11.5 Å². The van der Waals surface area contributed by atoms with Crippen LogP contribution in [0.5, 0.6) is 5.75 Å². The normalized spacial score (nSPS) is 10.8. The van der Waals surface area contributed by atoms with Crippen LogP contribution in [0.4, 0.5) is 9.39 Å². The number of rotatable bonds is 7. The van der Waals surface area contributed by atoms with Crippen LogP contribution in [0, 0.1) is 12.7 Å². The van der Waals surface area contributed by atoms with Gasteiger partial charge in [0.2, 0.25) is 0 Å². The van der Waals surface area contributed by atoms with Crippen molar-refractivity contribution in [3.05, 3.63) is 81.3 Å². The van der Waals surface area contributed by atoms with E-state index < -0.39 is 23.3 Å². The molecular weight excluding hydrogens is 461 g/mol. The molecule has 4 aromatic rings. The van der Waals surface area contributed by atoms with Gasteiger partial charge in [-0.25, -0.2) is 9.18 Å². The van der Waals surface area contributed by atoms with E-state index in [2.05, 4.69) is 10.4 Å². The third-order valence-electron chi connectivity index (χ3n) is 4.79. The van der Waals surface area contributed by atoms with Crippen LogP contribution in [0.15, 0.2) is 58.7 Å². The van der Waals surface area contributed by atoms with Crippen LogP contribution in [0.2, 0.25) is 0 Å². The van der Waals surface area contributed by atoms with Gasteiger partial charge in [-0.05, 0) is 49.7 Å². The number of anilines is 1. The number of aromatic nitrogens is 2. The molecule has 0 aliphatic rings. The maximum Gasteiger partial charge on any atom is 0.359 e. The van der Waals surface area contributed by atoms with Crippen molar-refractivity contribution >= 4 is 39.0 Å². The van der Waals surface area contributed by atoms with Crippen molar-refractivity contribution in [2.45, 2.75) is 13.8 Å². The molecule has 34 heavy (non-hydrogen) atoms. The molecule has 0 aliphatic carbocycles. The van der Waals surface area contributed by atoms with E-state index in [4.69, 9.17) is 9.47 Å². The molecule has 0 atom stereocenters. The van der Waals surface area contributed by atoms with Crippen molar-refractivity contribution in [1.29, 1.82) is 0 Å². The first kappa shape index (κ1) is 23.1. The average molecular weight is 482 g/mol. The molecule has 0 fully saturated rings. The third kappa shape index (κ3) is 4.81. The van der Waals surface area contributed by atoms with Crippen LogP contribution in [-0.2, 0) is 9.53 Å². The first-order chi connectivity index (χ1) is 16.4. The summed E-state index contributed by atoms with van der Waals surface area (Å²) in [5, 5.41) is 8.87. The standard InChI is InChI=1S/C24H20FN3O5S/c1-3-32-24(31)21-18-13-34-22(26-19(29)12-33-17-9-4-6-14(2)10-17)20(18)23(30)28(27-21)16-8-5-7-15(25)11-16/h4-11,13H,3,12H2,1-2H3,(H,26,29). The lowest BCUT2D eigenvalue weighted by atomic mass is 10.2. The first-order valence-corrected chi connectivity index (χ1v) is 11.2. The number of amides is 1. The van der Waals surface area contributed by atoms with Gasteiger partial charge in [-0.1, -0.05) is 18.2 Å². The minimum atomic E-state index is -0.740. The summed E-state index contributed by atoms with van der Waals surface area (Å²) in [6.45, 7) is 3.37. The number of aryl methyl sites for hydroxylation is 1. The Morgan fingerprint density at radius 2 is 1.97 bits per heavy atom. The Bertz CT molecular complexity index is 1450. The summed E-state index contributed by atoms with van der Waals surface area (Å²) in [7, 11) is 0. The molecular formula is C24H20FN3O5S. The highest BCUT2D eigenvalue weighted by Crippen LogP contribution is 2.30. The molecule has 2 aromatic carbocycles. The number of esters is 1. The maximum absolute atomic E-state index is 13.8. The van der Waals surface area contributed by atoms with Crippen molar-refractivity contribution in [3.8, 4) is 11.4 Å². The summed E-state index contributed by atoms with van der Waals surface area (Å²) in [5.74, 6) is -1.27. The van der Waals surface area contributed by atoms with Crippen LogP contribution in [0.1, 0.15) is 23.0 Å². The van der Waals surface area contributed by atoms with Gasteiger partial charge in [0.05, 0.1) is 17.7 Å². The number of thiophene rings is 1. The summed E-state index contributed by atoms with van der Waals surface area (Å²) in [6, 6.07) is 12.5. The van der Waals surface area contributed by atoms with Crippen LogP contribution in [-0.4, -0.2) is 34.9 Å². The van der Waals surface area contributed by atoms with Crippen LogP contribution in [0.25, 0.3) is 16.5 Å². The Hall–Kier alpha value is -4.05. The van der Waals surface area contributed by atoms with Crippen molar-refractivity contribution in [2.24, 2.45) is 0 Å². The molecule has 0 saturated heterocycles. The number of nitrogens with zero attached hydrogens (tertiary/aromatic N) is 2. The summed E-state index contributed by atoms with van der Waals surface area (Å²) >= 11 is 1.06. The molecule has 8 nitrogen and oxygen atoms in total. The van der Waals surface area contributed by atoms with E-state index in [-0.39, 0.29) is 40.4 Å². The molecule has 0 saturated carbocycles. The van der Waals surface area contributed by atoms with Gasteiger partial charge < -0.3 is 14.8 Å². The van der Waals surface area contributed by atoms with Gasteiger partial charge in [-0.2, -0.15) is 9.78 Å². The zero-order valence-electron chi connectivity index (χ0n) is 18.3. The molecule has 1 amide bonds. The molecule has 0 unspecified atom stereocenters. The van der Waals surface area contributed by atoms with Gasteiger partial charge >= 0.3 is 5.97 Å². The minimum Gasteiger partial charge on any atom is -0.484 e. The number of ether oxygens (including phenoxy) is 2. The highest BCUT2D eigenvalue weighted by Gasteiger charge is 2.23. The van der Waals surface area contributed by atoms with Crippen molar-refractivity contribution in [3.63, 3.8) is 0 Å². The largest absolute Gasteiger partial charge is 0.484 e. The lowest BCUT2D eigenvalue weighted by molar-refractivity contribution is -0.118. The molecule has 0 bridgehead atoms. The molecule has 0 spiro atoms. The Balaban J connectivity index is 1.72. The van der Waals surface area contributed by atoms with Crippen LogP contribution >= 0.6 is 11.3 Å². The number of hydrogen-bond donors (Lipinski definition) is 1. The lowest BCUT2D eigenvalue weighted by Crippen LogP contribution is -2.26. The Morgan fingerprint density at radius 1 is 1.18 bits per heavy atom. The number of carbonyl (C=O) groups is 2. The Kier molecular flexibility index (Phi) is 6.69. The summed E-state index contributed by atoms with van der Waals surface area (Å²) in [5.41, 5.74) is 0.376. The predicted octanol–water partition coefficient (Wildman–Crippen LogP) is 4.09. The van der Waals surface area contributed by atoms with Crippen molar-refractivity contribution in [1.82, 2.24) is 9.78 Å². The van der Waals surface area contributed by atoms with Gasteiger partial charge in [0.1, 0.15) is 16.6 Å². The SMILES string of the molecule is CCOC(=O)c1nn(-c2cccc(F)c2)c(=O)c2c(NC(=O)COc3cccc(C)c3)scc12. The van der Waals surface area contributed by atoms with E-state index in [1.165, 1.54) is 18.2 Å². The Labute approximate surface area is 197 Å². The Morgan fingerprint density at radius 3 is 2.71 bits per heavy atom. The molecule has 174 valence electrons. The minimum absolute atomic E-state index is 0.0659. The fourth-order valence-electron chi connectivity index (χ4n) is 3.29. The van der Waals surface area contributed by atoms with Gasteiger partial charge in [0.15, 0.2) is 12.3 Å². The van der Waals surface area contributed by atoms with Crippen LogP contribution < -0.4 is 15.6 Å². The van der Waals surface area contributed by atoms with Crippen LogP contribution in [0.3, 0.4) is 0 Å². The van der Waals surface area contributed by atoms with E-state index in [0.717, 1.165) is 27.6 Å². The second kappa shape index (κ2) is 9.84. The highest BCUT2D eigenvalue weighted by atomic mass is 32.1. The molecule has 10 heteroatoms. The molecule has 2 aromatic heterocycles. The highest BCUT2D eigenvalue weighted by molar-refractivity contribution is 7.16. The van der Waals surface area contributed by atoms with Gasteiger partial charge in [-0.15, -0.1) is 11.3 Å². The summed E-state index contributed by atoms with van der Waals surface area (Å²) in [4.78, 5) is 38.4. The van der Waals surface area contributed by atoms with E-state index in [1.807, 2.05) is 19.1 Å². The van der Waals surface area contributed by atoms with Gasteiger partial charge in [-0.3, -0.25) is 9.59 Å². The molecule has 2 heterocycles. The second-order valence-corrected chi connectivity index (χ2v) is 8.15. The fourth-order valence-corrected chi connectivity index (χ4v) is 4.24. The van der Waals surface area contributed by atoms with E-state index in [1.54, 1.807) is 24.4 Å². The monoisotopic (exact) mass is 481 g/mol. The van der Waals surface area contributed by atoms with Crippen molar-refractivity contribution < 1.29 is 23.5 Å². The van der Waals surface area contributed by atoms with E-state index >= 15 is 0 Å². The third-order valence-corrected chi connectivity index (χ3v) is 5.68. The number of hydrogen-bond acceptors (Lipinski definition) is 7. The molecule has 4 rings (SSSR count). The number of nitrogens with one attached hydrogen (secondary N) is 1.